The van der Waals surface area contributed by atoms with Crippen molar-refractivity contribution in [1.29, 1.82) is 0 Å². The molecule has 0 aliphatic heterocycles. The number of hydrogen-bond donors (Lipinski definition) is 2. The molecule has 3 aromatic rings. The number of aromatic nitrogens is 2. The number of carbonyl (C=O) groups is 1. The molecule has 8 nitrogen and oxygen atoms in total. The van der Waals surface area contributed by atoms with E-state index in [1.54, 1.807) is 13.0 Å². The Morgan fingerprint density at radius 3 is 2.25 bits per heavy atom. The highest BCUT2D eigenvalue weighted by molar-refractivity contribution is 7.92. The zero-order valence-electron chi connectivity index (χ0n) is 18.4. The first-order valence-corrected chi connectivity index (χ1v) is 11.5. The number of carbonyl (C=O) groups excluding carboxylic acids is 1. The molecule has 0 spiro atoms. The number of anilines is 2. The fourth-order valence-electron chi connectivity index (χ4n) is 2.79. The molecule has 0 radical (unpaired) electrons. The van der Waals surface area contributed by atoms with Gasteiger partial charge in [0.2, 0.25) is 5.95 Å². The van der Waals surface area contributed by atoms with Gasteiger partial charge in [-0.25, -0.2) is 23.1 Å². The van der Waals surface area contributed by atoms with Crippen molar-refractivity contribution in [3.63, 3.8) is 0 Å². The largest absolute Gasteiger partial charge is 0.484 e. The normalized spacial score (nSPS) is 11.6. The van der Waals surface area contributed by atoms with E-state index in [9.17, 15) is 13.2 Å². The summed E-state index contributed by atoms with van der Waals surface area (Å²) in [7, 11) is -3.85. The van der Waals surface area contributed by atoms with Crippen molar-refractivity contribution in [3.05, 3.63) is 72.1 Å². The van der Waals surface area contributed by atoms with E-state index in [1.165, 1.54) is 36.0 Å². The fraction of sp³-hybridized carbons (Fsp3) is 0.261. The molecule has 1 heterocycles. The summed E-state index contributed by atoms with van der Waals surface area (Å²) in [6, 6.07) is 15.1. The van der Waals surface area contributed by atoms with Crippen molar-refractivity contribution in [1.82, 2.24) is 9.97 Å². The Labute approximate surface area is 188 Å². The average molecular weight is 455 g/mol. The van der Waals surface area contributed by atoms with Crippen LogP contribution in [0.3, 0.4) is 0 Å². The smallest absolute Gasteiger partial charge is 0.264 e. The highest BCUT2D eigenvalue weighted by Crippen LogP contribution is 2.24. The zero-order valence-corrected chi connectivity index (χ0v) is 19.2. The molecule has 0 aliphatic rings. The summed E-state index contributed by atoms with van der Waals surface area (Å²) in [5.41, 5.74) is 2.31. The summed E-state index contributed by atoms with van der Waals surface area (Å²) < 4.78 is 32.8. The van der Waals surface area contributed by atoms with Crippen molar-refractivity contribution in [2.24, 2.45) is 0 Å². The maximum absolute atomic E-state index is 12.5. The van der Waals surface area contributed by atoms with Crippen molar-refractivity contribution in [2.45, 2.75) is 38.0 Å². The number of aryl methyl sites for hydroxylation is 1. The highest BCUT2D eigenvalue weighted by atomic mass is 32.2. The molecule has 0 atom stereocenters. The Hall–Kier alpha value is -3.46. The van der Waals surface area contributed by atoms with Gasteiger partial charge >= 0.3 is 0 Å². The third kappa shape index (κ3) is 6.27. The van der Waals surface area contributed by atoms with E-state index in [2.05, 4.69) is 40.8 Å². The van der Waals surface area contributed by atoms with Gasteiger partial charge in [-0.2, -0.15) is 0 Å². The van der Waals surface area contributed by atoms with Crippen molar-refractivity contribution < 1.29 is 17.9 Å². The van der Waals surface area contributed by atoms with Gasteiger partial charge in [-0.05, 0) is 60.4 Å². The van der Waals surface area contributed by atoms with Crippen LogP contribution in [0.1, 0.15) is 32.0 Å². The predicted octanol–water partition coefficient (Wildman–Crippen LogP) is 3.90. The van der Waals surface area contributed by atoms with Crippen molar-refractivity contribution >= 4 is 27.6 Å². The van der Waals surface area contributed by atoms with E-state index in [4.69, 9.17) is 4.74 Å². The lowest BCUT2D eigenvalue weighted by molar-refractivity contribution is -0.118. The third-order valence-electron chi connectivity index (χ3n) is 4.56. The number of nitrogens with zero attached hydrogens (tertiary/aromatic N) is 2. The van der Waals surface area contributed by atoms with E-state index in [1.807, 2.05) is 24.3 Å². The molecular formula is C23H26N4O4S. The van der Waals surface area contributed by atoms with E-state index < -0.39 is 10.0 Å². The maximum Gasteiger partial charge on any atom is 0.264 e. The first-order chi connectivity index (χ1) is 15.0. The first-order valence-electron chi connectivity index (χ1n) is 9.99. The van der Waals surface area contributed by atoms with Crippen molar-refractivity contribution in [3.8, 4) is 5.75 Å². The number of amides is 1. The highest BCUT2D eigenvalue weighted by Gasteiger charge is 2.16. The second-order valence-electron chi connectivity index (χ2n) is 8.26. The van der Waals surface area contributed by atoms with Crippen LogP contribution in [0.4, 0.5) is 11.6 Å². The number of benzene rings is 2. The van der Waals surface area contributed by atoms with Gasteiger partial charge in [-0.15, -0.1) is 0 Å². The molecule has 0 unspecified atom stereocenters. The SMILES string of the molecule is Cc1ccnc(NS(=O)(=O)c2ccc(NC(=O)COc3ccc(C(C)(C)C)cc3)cc2)n1. The van der Waals surface area contributed by atoms with Crippen LogP contribution in [0, 0.1) is 6.92 Å². The summed E-state index contributed by atoms with van der Waals surface area (Å²) in [5.74, 6) is 0.237. The van der Waals surface area contributed by atoms with Crippen LogP contribution in [0.2, 0.25) is 0 Å². The minimum atomic E-state index is -3.85. The second-order valence-corrected chi connectivity index (χ2v) is 9.95. The number of rotatable bonds is 7. The van der Waals surface area contributed by atoms with Crippen molar-refractivity contribution in [2.75, 3.05) is 16.6 Å². The van der Waals surface area contributed by atoms with Gasteiger partial charge < -0.3 is 10.1 Å². The van der Waals surface area contributed by atoms with Gasteiger partial charge in [-0.3, -0.25) is 4.79 Å². The molecule has 32 heavy (non-hydrogen) atoms. The topological polar surface area (TPSA) is 110 Å². The minimum absolute atomic E-state index is 0.00457. The van der Waals surface area contributed by atoms with Gasteiger partial charge in [0.05, 0.1) is 4.90 Å². The van der Waals surface area contributed by atoms with Gasteiger partial charge in [0.25, 0.3) is 15.9 Å². The summed E-state index contributed by atoms with van der Waals surface area (Å²) in [6.07, 6.45) is 1.47. The van der Waals surface area contributed by atoms with Crippen LogP contribution in [-0.2, 0) is 20.2 Å². The number of sulfonamides is 1. The molecular weight excluding hydrogens is 428 g/mol. The van der Waals surface area contributed by atoms with E-state index >= 15 is 0 Å². The van der Waals surface area contributed by atoms with E-state index in [0.717, 1.165) is 0 Å². The van der Waals surface area contributed by atoms with Crippen LogP contribution < -0.4 is 14.8 Å². The molecule has 3 rings (SSSR count). The van der Waals surface area contributed by atoms with Crippen LogP contribution in [0.25, 0.3) is 0 Å². The average Bonchev–Trinajstić information content (AvgIpc) is 2.72. The van der Waals surface area contributed by atoms with Gasteiger partial charge in [0, 0.05) is 17.6 Å². The molecule has 168 valence electrons. The zero-order chi connectivity index (χ0) is 23.4. The Morgan fingerprint density at radius 2 is 1.66 bits per heavy atom. The van der Waals surface area contributed by atoms with Crippen LogP contribution in [0.15, 0.2) is 65.7 Å². The Balaban J connectivity index is 1.56. The lowest BCUT2D eigenvalue weighted by atomic mass is 9.87. The maximum atomic E-state index is 12.5. The summed E-state index contributed by atoms with van der Waals surface area (Å²) in [4.78, 5) is 20.1. The summed E-state index contributed by atoms with van der Waals surface area (Å²) in [6.45, 7) is 7.94. The monoisotopic (exact) mass is 454 g/mol. The van der Waals surface area contributed by atoms with E-state index in [-0.39, 0.29) is 28.8 Å². The summed E-state index contributed by atoms with van der Waals surface area (Å²) in [5, 5.41) is 2.68. The first kappa shape index (κ1) is 23.2. The lowest BCUT2D eigenvalue weighted by Crippen LogP contribution is -2.20. The molecule has 9 heteroatoms. The van der Waals surface area contributed by atoms with Gasteiger partial charge in [0.15, 0.2) is 6.61 Å². The van der Waals surface area contributed by atoms with Crippen LogP contribution in [0.5, 0.6) is 5.75 Å². The van der Waals surface area contributed by atoms with Gasteiger partial charge in [0.1, 0.15) is 5.75 Å². The number of ether oxygens (including phenoxy) is 1. The molecule has 0 saturated carbocycles. The Bertz CT molecular complexity index is 1190. The van der Waals surface area contributed by atoms with Gasteiger partial charge in [-0.1, -0.05) is 32.9 Å². The molecule has 2 aromatic carbocycles. The second kappa shape index (κ2) is 9.35. The molecule has 0 fully saturated rings. The molecule has 0 bridgehead atoms. The number of hydrogen-bond acceptors (Lipinski definition) is 6. The molecule has 1 amide bonds. The van der Waals surface area contributed by atoms with Crippen LogP contribution in [-0.4, -0.2) is 30.9 Å². The Morgan fingerprint density at radius 1 is 1.00 bits per heavy atom. The quantitative estimate of drug-likeness (QED) is 0.560. The molecule has 2 N–H and O–H groups in total. The third-order valence-corrected chi connectivity index (χ3v) is 5.90. The molecule has 0 aliphatic carbocycles. The predicted molar refractivity (Wildman–Crippen MR) is 123 cm³/mol. The Kier molecular flexibility index (Phi) is 6.78. The molecule has 0 saturated heterocycles. The van der Waals surface area contributed by atoms with Crippen LogP contribution >= 0.6 is 0 Å². The standard InChI is InChI=1S/C23H26N4O4S/c1-16-13-14-24-22(25-16)27-32(29,30)20-11-7-18(8-12-20)26-21(28)15-31-19-9-5-17(6-10-19)23(2,3)4/h5-14H,15H2,1-4H3,(H,26,28)(H,24,25,27). The summed E-state index contributed by atoms with van der Waals surface area (Å²) >= 11 is 0. The lowest BCUT2D eigenvalue weighted by Gasteiger charge is -2.19. The number of nitrogens with one attached hydrogen (secondary N) is 2. The van der Waals surface area contributed by atoms with E-state index in [0.29, 0.717) is 17.1 Å². The molecule has 1 aromatic heterocycles. The fourth-order valence-corrected chi connectivity index (χ4v) is 3.74. The minimum Gasteiger partial charge on any atom is -0.484 e.